The molecule has 0 saturated carbocycles. The number of unbranched alkanes of at least 4 members (excludes halogenated alkanes) is 1. The summed E-state index contributed by atoms with van der Waals surface area (Å²) in [6.07, 6.45) is 5.33. The molecule has 0 fully saturated rings. The maximum atomic E-state index is 12.5. The Labute approximate surface area is 106 Å². The van der Waals surface area contributed by atoms with Crippen LogP contribution in [0.2, 0.25) is 0 Å². The van der Waals surface area contributed by atoms with Crippen LogP contribution in [-0.4, -0.2) is 10.5 Å². The number of hydrogen-bond donors (Lipinski definition) is 0. The van der Waals surface area contributed by atoms with Gasteiger partial charge in [0.25, 0.3) is 5.82 Å². The first-order valence-electron chi connectivity index (χ1n) is 5.29. The molecule has 1 aromatic heterocycles. The summed E-state index contributed by atoms with van der Waals surface area (Å²) in [4.78, 5) is 0. The van der Waals surface area contributed by atoms with Crippen molar-refractivity contribution in [2.45, 2.75) is 45.6 Å². The lowest BCUT2D eigenvalue weighted by molar-refractivity contribution is -0.677. The maximum absolute atomic E-state index is 12.5. The normalized spacial score (nSPS) is 11.3. The molecule has 0 aliphatic heterocycles. The summed E-state index contributed by atoms with van der Waals surface area (Å²) in [5.74, 6) is -1.37. The molecule has 0 aliphatic rings. The number of nitrogens with zero attached hydrogens (tertiary/aromatic N) is 2. The minimum atomic E-state index is -2.52. The Hall–Kier alpha value is -0.450. The van der Waals surface area contributed by atoms with Crippen LogP contribution in [-0.2, 0) is 13.6 Å². The second kappa shape index (κ2) is 6.33. The molecule has 1 rings (SSSR count). The lowest BCUT2D eigenvalue weighted by atomic mass is 10.1. The first-order chi connectivity index (χ1) is 6.90. The summed E-state index contributed by atoms with van der Waals surface area (Å²) in [6.45, 7) is 3.82. The number of aromatic nitrogens is 2. The second-order valence-corrected chi connectivity index (χ2v) is 4.18. The predicted molar refractivity (Wildman–Crippen MR) is 54.8 cm³/mol. The van der Waals surface area contributed by atoms with Gasteiger partial charge in [0.15, 0.2) is 0 Å². The standard InChI is InChI=1S/C11H19F2N2.BrH/c1-10-14(3)8-9-15(10)7-5-4-6-11(2,12)13;/h8-9H,4-7H2,1-3H3;1H/q+1;/p-1. The molecule has 0 saturated heterocycles. The van der Waals surface area contributed by atoms with E-state index in [4.69, 9.17) is 0 Å². The first-order valence-corrected chi connectivity index (χ1v) is 5.29. The van der Waals surface area contributed by atoms with Gasteiger partial charge in [0.2, 0.25) is 5.92 Å². The van der Waals surface area contributed by atoms with Gasteiger partial charge in [0, 0.05) is 13.3 Å². The molecule has 0 unspecified atom stereocenters. The third kappa shape index (κ3) is 5.05. The number of hydrogen-bond acceptors (Lipinski definition) is 0. The van der Waals surface area contributed by atoms with Crippen LogP contribution in [0.4, 0.5) is 8.78 Å². The van der Waals surface area contributed by atoms with Gasteiger partial charge in [-0.1, -0.05) is 0 Å². The Morgan fingerprint density at radius 2 is 2.00 bits per heavy atom. The van der Waals surface area contributed by atoms with Crippen molar-refractivity contribution in [3.05, 3.63) is 18.2 Å². The SMILES string of the molecule is Cc1n(CCCCC(C)(F)F)cc[n+]1C.[Br-]. The number of alkyl halides is 2. The molecule has 2 nitrogen and oxygen atoms in total. The molecular weight excluding hydrogens is 278 g/mol. The summed E-state index contributed by atoms with van der Waals surface area (Å²) >= 11 is 0. The van der Waals surface area contributed by atoms with Gasteiger partial charge in [0.1, 0.15) is 12.4 Å². The Bertz CT molecular complexity index is 318. The van der Waals surface area contributed by atoms with Gasteiger partial charge >= 0.3 is 0 Å². The topological polar surface area (TPSA) is 8.81 Å². The van der Waals surface area contributed by atoms with Crippen LogP contribution in [0, 0.1) is 6.92 Å². The zero-order chi connectivity index (χ0) is 11.5. The van der Waals surface area contributed by atoms with Crippen molar-refractivity contribution < 1.29 is 30.3 Å². The van der Waals surface area contributed by atoms with Crippen LogP contribution in [0.25, 0.3) is 0 Å². The Balaban J connectivity index is 0.00000225. The minimum Gasteiger partial charge on any atom is -1.00 e. The third-order valence-electron chi connectivity index (χ3n) is 2.66. The maximum Gasteiger partial charge on any atom is 0.253 e. The highest BCUT2D eigenvalue weighted by atomic mass is 79.9. The smallest absolute Gasteiger partial charge is 0.253 e. The van der Waals surface area contributed by atoms with E-state index in [9.17, 15) is 8.78 Å². The molecule has 0 aromatic carbocycles. The van der Waals surface area contributed by atoms with Crippen molar-refractivity contribution >= 4 is 0 Å². The average molecular weight is 297 g/mol. The van der Waals surface area contributed by atoms with Crippen LogP contribution in [0.5, 0.6) is 0 Å². The highest BCUT2D eigenvalue weighted by molar-refractivity contribution is 4.79. The quantitative estimate of drug-likeness (QED) is 0.509. The monoisotopic (exact) mass is 296 g/mol. The second-order valence-electron chi connectivity index (χ2n) is 4.18. The van der Waals surface area contributed by atoms with Gasteiger partial charge in [-0.15, -0.1) is 0 Å². The number of rotatable bonds is 5. The predicted octanol–water partition coefficient (Wildman–Crippen LogP) is -0.549. The van der Waals surface area contributed by atoms with E-state index in [0.29, 0.717) is 6.42 Å². The molecule has 0 bridgehead atoms. The van der Waals surface area contributed by atoms with E-state index in [1.807, 2.05) is 30.9 Å². The summed E-state index contributed by atoms with van der Waals surface area (Å²) in [6, 6.07) is 0. The average Bonchev–Trinajstić information content (AvgIpc) is 2.42. The van der Waals surface area contributed by atoms with Crippen molar-refractivity contribution in [3.63, 3.8) is 0 Å². The van der Waals surface area contributed by atoms with Gasteiger partial charge in [0.05, 0.1) is 13.6 Å². The fourth-order valence-electron chi connectivity index (χ4n) is 1.55. The fraction of sp³-hybridized carbons (Fsp3) is 0.727. The fourth-order valence-corrected chi connectivity index (χ4v) is 1.55. The molecule has 0 spiro atoms. The third-order valence-corrected chi connectivity index (χ3v) is 2.66. The number of aryl methyl sites for hydroxylation is 2. The Kier molecular flexibility index (Phi) is 6.15. The van der Waals surface area contributed by atoms with Crippen molar-refractivity contribution in [3.8, 4) is 0 Å². The van der Waals surface area contributed by atoms with Gasteiger partial charge in [-0.3, -0.25) is 0 Å². The van der Waals surface area contributed by atoms with E-state index in [2.05, 4.69) is 4.57 Å². The van der Waals surface area contributed by atoms with E-state index in [0.717, 1.165) is 25.7 Å². The lowest BCUT2D eigenvalue weighted by Gasteiger charge is -2.08. The first kappa shape index (κ1) is 15.6. The molecule has 0 aliphatic carbocycles. The van der Waals surface area contributed by atoms with Gasteiger partial charge in [-0.2, -0.15) is 0 Å². The van der Waals surface area contributed by atoms with Crippen molar-refractivity contribution in [2.24, 2.45) is 7.05 Å². The lowest BCUT2D eigenvalue weighted by Crippen LogP contribution is -3.00. The molecule has 16 heavy (non-hydrogen) atoms. The highest BCUT2D eigenvalue weighted by Gasteiger charge is 2.20. The molecule has 0 amide bonds. The summed E-state index contributed by atoms with van der Waals surface area (Å²) in [7, 11) is 1.98. The largest absolute Gasteiger partial charge is 1.00 e. The van der Waals surface area contributed by atoms with Crippen molar-refractivity contribution in [1.29, 1.82) is 0 Å². The molecule has 0 radical (unpaired) electrons. The van der Waals surface area contributed by atoms with E-state index in [1.54, 1.807) is 0 Å². The molecule has 1 aromatic rings. The van der Waals surface area contributed by atoms with E-state index >= 15 is 0 Å². The van der Waals surface area contributed by atoms with Gasteiger partial charge in [-0.05, 0) is 19.8 Å². The molecule has 5 heteroatoms. The highest BCUT2D eigenvalue weighted by Crippen LogP contribution is 2.19. The summed E-state index contributed by atoms with van der Waals surface area (Å²) in [5.41, 5.74) is 0. The van der Waals surface area contributed by atoms with Crippen LogP contribution in [0.15, 0.2) is 12.4 Å². The Morgan fingerprint density at radius 1 is 1.38 bits per heavy atom. The van der Waals surface area contributed by atoms with Crippen LogP contribution in [0.3, 0.4) is 0 Å². The molecule has 1 heterocycles. The van der Waals surface area contributed by atoms with Gasteiger partial charge in [-0.25, -0.2) is 17.9 Å². The summed E-state index contributed by atoms with van der Waals surface area (Å²) < 4.78 is 29.2. The van der Waals surface area contributed by atoms with Crippen LogP contribution >= 0.6 is 0 Å². The van der Waals surface area contributed by atoms with E-state index in [1.165, 1.54) is 0 Å². The zero-order valence-corrected chi connectivity index (χ0v) is 11.6. The molecule has 0 N–H and O–H groups in total. The van der Waals surface area contributed by atoms with Gasteiger partial charge < -0.3 is 17.0 Å². The molecular formula is C11H19BrF2N2. The number of imidazole rings is 1. The van der Waals surface area contributed by atoms with Crippen molar-refractivity contribution in [2.75, 3.05) is 0 Å². The molecule has 0 atom stereocenters. The Morgan fingerprint density at radius 3 is 2.44 bits per heavy atom. The van der Waals surface area contributed by atoms with E-state index < -0.39 is 5.92 Å². The van der Waals surface area contributed by atoms with Crippen LogP contribution in [0.1, 0.15) is 32.0 Å². The van der Waals surface area contributed by atoms with Crippen molar-refractivity contribution in [1.82, 2.24) is 4.57 Å². The summed E-state index contributed by atoms with van der Waals surface area (Å²) in [5, 5.41) is 0. The van der Waals surface area contributed by atoms with E-state index in [-0.39, 0.29) is 23.4 Å². The zero-order valence-electron chi connectivity index (χ0n) is 10.0. The number of halogens is 3. The molecule has 94 valence electrons. The minimum absolute atomic E-state index is 0. The van der Waals surface area contributed by atoms with Crippen LogP contribution < -0.4 is 21.5 Å².